The van der Waals surface area contributed by atoms with Crippen LogP contribution >= 0.6 is 15.9 Å². The number of carbonyl (C=O) groups excluding carboxylic acids is 1. The molecule has 4 rings (SSSR count). The van der Waals surface area contributed by atoms with E-state index in [0.29, 0.717) is 12.8 Å². The fourth-order valence-corrected chi connectivity index (χ4v) is 4.54. The van der Waals surface area contributed by atoms with E-state index >= 15 is 0 Å². The van der Waals surface area contributed by atoms with E-state index in [1.165, 1.54) is 12.8 Å². The van der Waals surface area contributed by atoms with Gasteiger partial charge in [-0.25, -0.2) is 0 Å². The summed E-state index contributed by atoms with van der Waals surface area (Å²) in [6.07, 6.45) is 0.932. The number of ether oxygens (including phenoxy) is 1. The standard InChI is InChI=1S/C28H29BrN2O2/c1-33-27(32)16-15-26(21-5-3-2-4-6-21)28(22-7-11-24(29)12-8-22)23-9-13-25(14-10-23)31-19-17-30-18-20-31/h2-14,30H,15-20H2,1H3/b28-26-. The van der Waals surface area contributed by atoms with Crippen LogP contribution in [-0.4, -0.2) is 39.3 Å². The van der Waals surface area contributed by atoms with E-state index in [1.807, 2.05) is 18.2 Å². The number of nitrogens with zero attached hydrogens (tertiary/aromatic N) is 1. The number of piperazine rings is 1. The van der Waals surface area contributed by atoms with Crippen LogP contribution in [0.1, 0.15) is 29.5 Å². The number of esters is 1. The smallest absolute Gasteiger partial charge is 0.305 e. The van der Waals surface area contributed by atoms with Gasteiger partial charge in [-0.15, -0.1) is 0 Å². The van der Waals surface area contributed by atoms with Crippen molar-refractivity contribution in [2.75, 3.05) is 38.2 Å². The summed E-state index contributed by atoms with van der Waals surface area (Å²) in [6.45, 7) is 4.06. The third-order valence-electron chi connectivity index (χ3n) is 6.00. The van der Waals surface area contributed by atoms with E-state index in [0.717, 1.165) is 58.5 Å². The summed E-state index contributed by atoms with van der Waals surface area (Å²) in [5.41, 5.74) is 6.90. The van der Waals surface area contributed by atoms with Crippen LogP contribution in [0.5, 0.6) is 0 Å². The third-order valence-corrected chi connectivity index (χ3v) is 6.53. The van der Waals surface area contributed by atoms with Gasteiger partial charge < -0.3 is 15.0 Å². The van der Waals surface area contributed by atoms with Crippen LogP contribution in [0.4, 0.5) is 5.69 Å². The molecule has 3 aromatic rings. The van der Waals surface area contributed by atoms with Crippen molar-refractivity contribution in [3.63, 3.8) is 0 Å². The Labute approximate surface area is 204 Å². The molecule has 0 spiro atoms. The molecule has 170 valence electrons. The molecule has 1 fully saturated rings. The molecule has 1 saturated heterocycles. The number of hydrogen-bond acceptors (Lipinski definition) is 4. The molecule has 0 aromatic heterocycles. The quantitative estimate of drug-likeness (QED) is 0.327. The molecular formula is C28H29BrN2O2. The Morgan fingerprint density at radius 1 is 0.848 bits per heavy atom. The van der Waals surface area contributed by atoms with Crippen LogP contribution in [0.2, 0.25) is 0 Å². The van der Waals surface area contributed by atoms with Crippen molar-refractivity contribution >= 4 is 38.7 Å². The molecular weight excluding hydrogens is 476 g/mol. The molecule has 0 radical (unpaired) electrons. The maximum atomic E-state index is 12.0. The fourth-order valence-electron chi connectivity index (χ4n) is 4.28. The molecule has 0 saturated carbocycles. The molecule has 33 heavy (non-hydrogen) atoms. The average Bonchev–Trinajstić information content (AvgIpc) is 2.88. The predicted molar refractivity (Wildman–Crippen MR) is 139 cm³/mol. The summed E-state index contributed by atoms with van der Waals surface area (Å²) in [7, 11) is 1.44. The van der Waals surface area contributed by atoms with Gasteiger partial charge in [-0.05, 0) is 58.5 Å². The SMILES string of the molecule is COC(=O)CC/C(=C(\c1ccc(Br)cc1)c1ccc(N2CCNCC2)cc1)c1ccccc1. The molecule has 1 aliphatic heterocycles. The number of anilines is 1. The zero-order chi connectivity index (χ0) is 23.0. The predicted octanol–water partition coefficient (Wildman–Crippen LogP) is 5.77. The lowest BCUT2D eigenvalue weighted by Crippen LogP contribution is -2.43. The van der Waals surface area contributed by atoms with Crippen LogP contribution in [-0.2, 0) is 9.53 Å². The first-order chi connectivity index (χ1) is 16.2. The summed E-state index contributed by atoms with van der Waals surface area (Å²) in [5.74, 6) is -0.201. The minimum absolute atomic E-state index is 0.201. The second-order valence-corrected chi connectivity index (χ2v) is 9.00. The van der Waals surface area contributed by atoms with Gasteiger partial charge in [-0.3, -0.25) is 4.79 Å². The van der Waals surface area contributed by atoms with Gasteiger partial charge in [0.05, 0.1) is 7.11 Å². The van der Waals surface area contributed by atoms with Gasteiger partial charge in [0.1, 0.15) is 0 Å². The van der Waals surface area contributed by atoms with Crippen LogP contribution in [0.25, 0.3) is 11.1 Å². The Morgan fingerprint density at radius 2 is 1.45 bits per heavy atom. The Balaban J connectivity index is 1.82. The Morgan fingerprint density at radius 3 is 2.06 bits per heavy atom. The van der Waals surface area contributed by atoms with E-state index in [2.05, 4.69) is 86.8 Å². The Kier molecular flexibility index (Phi) is 7.97. The summed E-state index contributed by atoms with van der Waals surface area (Å²) < 4.78 is 5.99. The number of benzene rings is 3. The highest BCUT2D eigenvalue weighted by atomic mass is 79.9. The number of rotatable bonds is 7. The minimum Gasteiger partial charge on any atom is -0.469 e. The van der Waals surface area contributed by atoms with E-state index < -0.39 is 0 Å². The number of methoxy groups -OCH3 is 1. The van der Waals surface area contributed by atoms with Crippen LogP contribution in [0, 0.1) is 0 Å². The first kappa shape index (κ1) is 23.3. The summed E-state index contributed by atoms with van der Waals surface area (Å²) in [4.78, 5) is 14.5. The highest BCUT2D eigenvalue weighted by Gasteiger charge is 2.17. The maximum absolute atomic E-state index is 12.0. The number of nitrogens with one attached hydrogen (secondary N) is 1. The van der Waals surface area contributed by atoms with Crippen molar-refractivity contribution in [2.45, 2.75) is 12.8 Å². The molecule has 0 bridgehead atoms. The van der Waals surface area contributed by atoms with Gasteiger partial charge in [0, 0.05) is 42.8 Å². The van der Waals surface area contributed by atoms with E-state index in [-0.39, 0.29) is 5.97 Å². The van der Waals surface area contributed by atoms with Gasteiger partial charge >= 0.3 is 5.97 Å². The maximum Gasteiger partial charge on any atom is 0.305 e. The molecule has 0 aliphatic carbocycles. The molecule has 4 nitrogen and oxygen atoms in total. The molecule has 0 unspecified atom stereocenters. The minimum atomic E-state index is -0.201. The largest absolute Gasteiger partial charge is 0.469 e. The number of hydrogen-bond donors (Lipinski definition) is 1. The van der Waals surface area contributed by atoms with E-state index in [1.54, 1.807) is 0 Å². The first-order valence-corrected chi connectivity index (χ1v) is 12.1. The Hall–Kier alpha value is -2.89. The average molecular weight is 505 g/mol. The molecule has 5 heteroatoms. The third kappa shape index (κ3) is 5.92. The van der Waals surface area contributed by atoms with Crippen molar-refractivity contribution in [2.24, 2.45) is 0 Å². The van der Waals surface area contributed by atoms with Crippen molar-refractivity contribution in [3.8, 4) is 0 Å². The first-order valence-electron chi connectivity index (χ1n) is 11.3. The van der Waals surface area contributed by atoms with Crippen molar-refractivity contribution < 1.29 is 9.53 Å². The van der Waals surface area contributed by atoms with Crippen LogP contribution in [0.3, 0.4) is 0 Å². The van der Waals surface area contributed by atoms with Gasteiger partial charge in [0.25, 0.3) is 0 Å². The zero-order valence-electron chi connectivity index (χ0n) is 18.9. The molecule has 1 aliphatic rings. The lowest BCUT2D eigenvalue weighted by molar-refractivity contribution is -0.140. The van der Waals surface area contributed by atoms with Gasteiger partial charge in [0.2, 0.25) is 0 Å². The van der Waals surface area contributed by atoms with Crippen molar-refractivity contribution in [1.82, 2.24) is 5.32 Å². The monoisotopic (exact) mass is 504 g/mol. The second-order valence-electron chi connectivity index (χ2n) is 8.09. The van der Waals surface area contributed by atoms with Crippen LogP contribution in [0.15, 0.2) is 83.3 Å². The van der Waals surface area contributed by atoms with Gasteiger partial charge in [-0.1, -0.05) is 70.5 Å². The summed E-state index contributed by atoms with van der Waals surface area (Å²) >= 11 is 3.56. The zero-order valence-corrected chi connectivity index (χ0v) is 20.5. The molecule has 1 heterocycles. The van der Waals surface area contributed by atoms with Gasteiger partial charge in [0.15, 0.2) is 0 Å². The number of carbonyl (C=O) groups is 1. The Bertz CT molecular complexity index is 1090. The van der Waals surface area contributed by atoms with Crippen LogP contribution < -0.4 is 10.2 Å². The lowest BCUT2D eigenvalue weighted by atomic mass is 9.87. The van der Waals surface area contributed by atoms with E-state index in [4.69, 9.17) is 4.74 Å². The second kappa shape index (κ2) is 11.3. The molecule has 0 atom stereocenters. The van der Waals surface area contributed by atoms with E-state index in [9.17, 15) is 4.79 Å². The number of halogens is 1. The molecule has 3 aromatic carbocycles. The lowest BCUT2D eigenvalue weighted by Gasteiger charge is -2.29. The van der Waals surface area contributed by atoms with Crippen molar-refractivity contribution in [3.05, 3.63) is 100 Å². The fraction of sp³-hybridized carbons (Fsp3) is 0.250. The molecule has 0 amide bonds. The topological polar surface area (TPSA) is 41.6 Å². The highest BCUT2D eigenvalue weighted by Crippen LogP contribution is 2.36. The highest BCUT2D eigenvalue weighted by molar-refractivity contribution is 9.10. The normalized spacial score (nSPS) is 14.5. The molecule has 1 N–H and O–H groups in total. The van der Waals surface area contributed by atoms with Crippen molar-refractivity contribution in [1.29, 1.82) is 0 Å². The summed E-state index contributed by atoms with van der Waals surface area (Å²) in [6, 6.07) is 27.5. The number of allylic oxidation sites excluding steroid dienone is 1. The van der Waals surface area contributed by atoms with Gasteiger partial charge in [-0.2, -0.15) is 0 Å². The summed E-state index contributed by atoms with van der Waals surface area (Å²) in [5, 5.41) is 3.41.